The number of rotatable bonds is 4. The quantitative estimate of drug-likeness (QED) is 0.579. The molecule has 0 unspecified atom stereocenters. The van der Waals surface area contributed by atoms with Crippen LogP contribution < -0.4 is 0 Å². The van der Waals surface area contributed by atoms with Crippen molar-refractivity contribution in [1.29, 1.82) is 0 Å². The number of hydrogen-bond donors (Lipinski definition) is 0. The second-order valence-corrected chi connectivity index (χ2v) is 5.71. The summed E-state index contributed by atoms with van der Waals surface area (Å²) >= 11 is 0. The molecule has 0 saturated carbocycles. The molecule has 4 aromatic rings. The van der Waals surface area contributed by atoms with Gasteiger partial charge in [-0.05, 0) is 30.7 Å². The lowest BCUT2D eigenvalue weighted by molar-refractivity contribution is 0.650. The highest BCUT2D eigenvalue weighted by atomic mass is 15.4. The van der Waals surface area contributed by atoms with Crippen molar-refractivity contribution in [3.05, 3.63) is 84.2 Å². The van der Waals surface area contributed by atoms with Crippen LogP contribution in [0.25, 0.3) is 17.1 Å². The Morgan fingerprint density at radius 1 is 0.917 bits per heavy atom. The Balaban J connectivity index is 1.68. The van der Waals surface area contributed by atoms with E-state index in [1.165, 1.54) is 5.56 Å². The zero-order chi connectivity index (χ0) is 16.4. The summed E-state index contributed by atoms with van der Waals surface area (Å²) in [6.45, 7) is 2.68. The summed E-state index contributed by atoms with van der Waals surface area (Å²) in [6.07, 6.45) is 1.96. The van der Waals surface area contributed by atoms with Crippen molar-refractivity contribution >= 4 is 0 Å². The molecular weight excluding hydrogens is 298 g/mol. The fraction of sp³-hybridized carbons (Fsp3) is 0.105. The van der Waals surface area contributed by atoms with Gasteiger partial charge in [0.25, 0.3) is 0 Å². The van der Waals surface area contributed by atoms with Gasteiger partial charge in [-0.3, -0.25) is 0 Å². The van der Waals surface area contributed by atoms with Crippen LogP contribution in [0.3, 0.4) is 0 Å². The van der Waals surface area contributed by atoms with Gasteiger partial charge >= 0.3 is 0 Å². The normalized spacial score (nSPS) is 10.9. The van der Waals surface area contributed by atoms with Crippen molar-refractivity contribution < 1.29 is 0 Å². The van der Waals surface area contributed by atoms with E-state index in [4.69, 9.17) is 0 Å². The predicted molar refractivity (Wildman–Crippen MR) is 92.9 cm³/mol. The lowest BCUT2D eigenvalue weighted by Crippen LogP contribution is -2.00. The standard InChI is InChI=1S/C19H17N5/c1-15-12-19(24(21-15)17-10-6-3-7-11-17)18-14-23(22-20-18)13-16-8-4-2-5-9-16/h2-12,14H,13H2,1H3. The Kier molecular flexibility index (Phi) is 3.67. The van der Waals surface area contributed by atoms with Gasteiger partial charge in [0.2, 0.25) is 0 Å². The Morgan fingerprint density at radius 2 is 1.62 bits per heavy atom. The lowest BCUT2D eigenvalue weighted by Gasteiger charge is -2.04. The molecule has 5 nitrogen and oxygen atoms in total. The van der Waals surface area contributed by atoms with Crippen molar-refractivity contribution in [1.82, 2.24) is 24.8 Å². The molecule has 2 aromatic heterocycles. The number of aryl methyl sites for hydroxylation is 1. The maximum Gasteiger partial charge on any atom is 0.131 e. The molecule has 2 aromatic carbocycles. The van der Waals surface area contributed by atoms with Gasteiger partial charge in [0, 0.05) is 0 Å². The summed E-state index contributed by atoms with van der Waals surface area (Å²) in [5.74, 6) is 0. The minimum absolute atomic E-state index is 0.701. The molecule has 118 valence electrons. The third kappa shape index (κ3) is 2.84. The topological polar surface area (TPSA) is 48.5 Å². The smallest absolute Gasteiger partial charge is 0.131 e. The highest BCUT2D eigenvalue weighted by Crippen LogP contribution is 2.22. The second kappa shape index (κ2) is 6.12. The van der Waals surface area contributed by atoms with E-state index in [1.807, 2.05) is 77.1 Å². The lowest BCUT2D eigenvalue weighted by atomic mass is 10.2. The third-order valence-electron chi connectivity index (χ3n) is 3.82. The van der Waals surface area contributed by atoms with Crippen molar-refractivity contribution in [2.75, 3.05) is 0 Å². The van der Waals surface area contributed by atoms with Crippen LogP contribution in [0.2, 0.25) is 0 Å². The molecule has 0 aliphatic carbocycles. The van der Waals surface area contributed by atoms with Gasteiger partial charge in [0.15, 0.2) is 0 Å². The van der Waals surface area contributed by atoms with E-state index < -0.39 is 0 Å². The summed E-state index contributed by atoms with van der Waals surface area (Å²) in [7, 11) is 0. The number of benzene rings is 2. The van der Waals surface area contributed by atoms with Gasteiger partial charge in [-0.15, -0.1) is 5.10 Å². The number of hydrogen-bond acceptors (Lipinski definition) is 3. The van der Waals surface area contributed by atoms with E-state index >= 15 is 0 Å². The SMILES string of the molecule is Cc1cc(-c2cn(Cc3ccccc3)nn2)n(-c2ccccc2)n1. The average Bonchev–Trinajstić information content (AvgIpc) is 3.23. The Labute approximate surface area is 140 Å². The monoisotopic (exact) mass is 315 g/mol. The third-order valence-corrected chi connectivity index (χ3v) is 3.82. The molecule has 0 atom stereocenters. The molecule has 0 saturated heterocycles. The second-order valence-electron chi connectivity index (χ2n) is 5.71. The first-order valence-corrected chi connectivity index (χ1v) is 7.86. The van der Waals surface area contributed by atoms with Crippen LogP contribution in [-0.2, 0) is 6.54 Å². The van der Waals surface area contributed by atoms with Crippen molar-refractivity contribution in [2.24, 2.45) is 0 Å². The molecule has 2 heterocycles. The van der Waals surface area contributed by atoms with E-state index in [2.05, 4.69) is 27.5 Å². The van der Waals surface area contributed by atoms with E-state index in [0.29, 0.717) is 6.54 Å². The van der Waals surface area contributed by atoms with Gasteiger partial charge < -0.3 is 0 Å². The van der Waals surface area contributed by atoms with Gasteiger partial charge in [0.1, 0.15) is 5.69 Å². The summed E-state index contributed by atoms with van der Waals surface area (Å²) in [4.78, 5) is 0. The number of nitrogens with zero attached hydrogens (tertiary/aromatic N) is 5. The van der Waals surface area contributed by atoms with Crippen molar-refractivity contribution in [2.45, 2.75) is 13.5 Å². The van der Waals surface area contributed by atoms with E-state index in [-0.39, 0.29) is 0 Å². The van der Waals surface area contributed by atoms with Gasteiger partial charge in [-0.2, -0.15) is 5.10 Å². The highest BCUT2D eigenvalue weighted by Gasteiger charge is 2.13. The molecule has 0 aliphatic heterocycles. The van der Waals surface area contributed by atoms with Gasteiger partial charge in [-0.1, -0.05) is 53.7 Å². The van der Waals surface area contributed by atoms with Crippen LogP contribution in [0.5, 0.6) is 0 Å². The molecule has 0 fully saturated rings. The van der Waals surface area contributed by atoms with Crippen molar-refractivity contribution in [3.8, 4) is 17.1 Å². The molecule has 0 amide bonds. The zero-order valence-electron chi connectivity index (χ0n) is 13.4. The first-order chi connectivity index (χ1) is 11.8. The summed E-state index contributed by atoms with van der Waals surface area (Å²) in [5.41, 5.74) is 4.92. The van der Waals surface area contributed by atoms with Crippen LogP contribution in [0, 0.1) is 6.92 Å². The van der Waals surface area contributed by atoms with Crippen LogP contribution in [-0.4, -0.2) is 24.8 Å². The summed E-state index contributed by atoms with van der Waals surface area (Å²) < 4.78 is 3.76. The Hall–Kier alpha value is -3.21. The predicted octanol–water partition coefficient (Wildman–Crippen LogP) is 3.49. The molecule has 0 N–H and O–H groups in total. The molecule has 0 bridgehead atoms. The largest absolute Gasteiger partial charge is 0.247 e. The Bertz CT molecular complexity index is 938. The van der Waals surface area contributed by atoms with Gasteiger partial charge in [-0.25, -0.2) is 9.36 Å². The minimum atomic E-state index is 0.701. The van der Waals surface area contributed by atoms with Crippen LogP contribution >= 0.6 is 0 Å². The first-order valence-electron chi connectivity index (χ1n) is 7.86. The molecule has 0 spiro atoms. The summed E-state index contributed by atoms with van der Waals surface area (Å²) in [6, 6.07) is 22.3. The molecule has 24 heavy (non-hydrogen) atoms. The van der Waals surface area contributed by atoms with Crippen LogP contribution in [0.1, 0.15) is 11.3 Å². The molecule has 5 heteroatoms. The van der Waals surface area contributed by atoms with Crippen LogP contribution in [0.15, 0.2) is 72.9 Å². The van der Waals surface area contributed by atoms with E-state index in [1.54, 1.807) is 0 Å². The summed E-state index contributed by atoms with van der Waals surface area (Å²) in [5, 5.41) is 13.2. The fourth-order valence-corrected chi connectivity index (χ4v) is 2.71. The maximum absolute atomic E-state index is 4.59. The van der Waals surface area contributed by atoms with E-state index in [0.717, 1.165) is 22.8 Å². The molecule has 0 aliphatic rings. The molecule has 0 radical (unpaired) electrons. The van der Waals surface area contributed by atoms with Crippen LogP contribution in [0.4, 0.5) is 0 Å². The minimum Gasteiger partial charge on any atom is -0.247 e. The van der Waals surface area contributed by atoms with E-state index in [9.17, 15) is 0 Å². The maximum atomic E-state index is 4.59. The number of para-hydroxylation sites is 1. The Morgan fingerprint density at radius 3 is 2.38 bits per heavy atom. The molecular formula is C19H17N5. The fourth-order valence-electron chi connectivity index (χ4n) is 2.71. The highest BCUT2D eigenvalue weighted by molar-refractivity contribution is 5.57. The average molecular weight is 315 g/mol. The molecule has 4 rings (SSSR count). The van der Waals surface area contributed by atoms with Crippen molar-refractivity contribution in [3.63, 3.8) is 0 Å². The first kappa shape index (κ1) is 14.4. The number of aromatic nitrogens is 5. The zero-order valence-corrected chi connectivity index (χ0v) is 13.4. The van der Waals surface area contributed by atoms with Gasteiger partial charge in [0.05, 0.1) is 29.8 Å².